The second kappa shape index (κ2) is 11.4. The molecule has 6 rings (SSSR count). The van der Waals surface area contributed by atoms with Gasteiger partial charge in [0.25, 0.3) is 11.7 Å². The van der Waals surface area contributed by atoms with E-state index in [0.29, 0.717) is 52.2 Å². The average Bonchev–Trinajstić information content (AvgIpc) is 3.61. The second-order valence-electron chi connectivity index (χ2n) is 10.1. The van der Waals surface area contributed by atoms with Gasteiger partial charge in [0.05, 0.1) is 25.8 Å². The highest BCUT2D eigenvalue weighted by Gasteiger charge is 2.47. The predicted molar refractivity (Wildman–Crippen MR) is 159 cm³/mol. The zero-order valence-corrected chi connectivity index (χ0v) is 23.8. The number of aryl methyl sites for hydroxylation is 1. The van der Waals surface area contributed by atoms with Crippen molar-refractivity contribution in [1.82, 2.24) is 0 Å². The molecule has 1 saturated heterocycles. The van der Waals surface area contributed by atoms with Gasteiger partial charge in [-0.05, 0) is 66.1 Å². The quantitative estimate of drug-likeness (QED) is 0.155. The average molecular weight is 580 g/mol. The summed E-state index contributed by atoms with van der Waals surface area (Å²) in [5, 5.41) is 11.6. The number of Topliss-reactive ketones (excluding diaryl/α,β-unsaturated/α-hetero) is 1. The lowest BCUT2D eigenvalue weighted by atomic mass is 9.94. The van der Waals surface area contributed by atoms with Crippen LogP contribution in [0.4, 0.5) is 5.69 Å². The van der Waals surface area contributed by atoms with E-state index < -0.39 is 17.7 Å². The van der Waals surface area contributed by atoms with E-state index in [4.69, 9.17) is 23.7 Å². The highest BCUT2D eigenvalue weighted by Crippen LogP contribution is 2.46. The molecule has 43 heavy (non-hydrogen) atoms. The van der Waals surface area contributed by atoms with Gasteiger partial charge in [-0.1, -0.05) is 36.4 Å². The fourth-order valence-electron chi connectivity index (χ4n) is 5.32. The first-order valence-corrected chi connectivity index (χ1v) is 13.6. The van der Waals surface area contributed by atoms with Crippen LogP contribution in [-0.2, 0) is 16.2 Å². The van der Waals surface area contributed by atoms with Crippen LogP contribution in [0.15, 0.2) is 90.5 Å². The first-order valence-electron chi connectivity index (χ1n) is 13.6. The van der Waals surface area contributed by atoms with Gasteiger partial charge in [0.15, 0.2) is 23.0 Å². The van der Waals surface area contributed by atoms with Crippen molar-refractivity contribution < 1.29 is 38.4 Å². The summed E-state index contributed by atoms with van der Waals surface area (Å²) < 4.78 is 27.9. The summed E-state index contributed by atoms with van der Waals surface area (Å²) in [5.74, 6) is 0.591. The first kappa shape index (κ1) is 27.7. The standard InChI is InChI=1S/C34H29NO8/c1-20-15-23(10-12-25(20)41-18-21-7-5-4-6-8-21)32(36)30-31(22-9-13-26(39-2)28(16-22)40-3)35(34(38)33(30)37)24-11-14-27-29(17-24)43-19-42-27/h4-17,31,36H,18-19H2,1-3H3/b32-30+. The zero-order chi connectivity index (χ0) is 30.1. The van der Waals surface area contributed by atoms with E-state index in [0.717, 1.165) is 11.1 Å². The molecule has 1 amide bonds. The number of ether oxygens (including phenoxy) is 5. The topological polar surface area (TPSA) is 104 Å². The number of hydrogen-bond donors (Lipinski definition) is 1. The summed E-state index contributed by atoms with van der Waals surface area (Å²) in [6.45, 7) is 2.29. The van der Waals surface area contributed by atoms with Crippen LogP contribution in [0.25, 0.3) is 5.76 Å². The van der Waals surface area contributed by atoms with Gasteiger partial charge in [-0.15, -0.1) is 0 Å². The van der Waals surface area contributed by atoms with E-state index in [1.807, 2.05) is 37.3 Å². The van der Waals surface area contributed by atoms with E-state index in [9.17, 15) is 14.7 Å². The molecular formula is C34H29NO8. The Balaban J connectivity index is 1.43. The maximum absolute atomic E-state index is 13.7. The van der Waals surface area contributed by atoms with E-state index in [1.165, 1.54) is 19.1 Å². The monoisotopic (exact) mass is 579 g/mol. The number of ketones is 1. The van der Waals surface area contributed by atoms with E-state index in [2.05, 4.69) is 0 Å². The number of carbonyl (C=O) groups excluding carboxylic acids is 2. The van der Waals surface area contributed by atoms with Crippen LogP contribution < -0.4 is 28.6 Å². The number of hydrogen-bond acceptors (Lipinski definition) is 8. The summed E-state index contributed by atoms with van der Waals surface area (Å²) in [6, 6.07) is 24.1. The predicted octanol–water partition coefficient (Wildman–Crippen LogP) is 5.95. The Bertz CT molecular complexity index is 1750. The normalized spacial score (nSPS) is 16.8. The van der Waals surface area contributed by atoms with Gasteiger partial charge in [-0.3, -0.25) is 14.5 Å². The minimum absolute atomic E-state index is 0.0567. The summed E-state index contributed by atoms with van der Waals surface area (Å²) >= 11 is 0. The maximum atomic E-state index is 13.7. The molecule has 9 heteroatoms. The first-order chi connectivity index (χ1) is 20.9. The molecule has 218 valence electrons. The lowest BCUT2D eigenvalue weighted by molar-refractivity contribution is -0.132. The van der Waals surface area contributed by atoms with Gasteiger partial charge in [0.1, 0.15) is 18.1 Å². The Morgan fingerprint density at radius 1 is 0.860 bits per heavy atom. The van der Waals surface area contributed by atoms with Crippen molar-refractivity contribution in [3.63, 3.8) is 0 Å². The van der Waals surface area contributed by atoms with Gasteiger partial charge in [0, 0.05) is 17.3 Å². The smallest absolute Gasteiger partial charge is 0.300 e. The fourth-order valence-corrected chi connectivity index (χ4v) is 5.32. The number of aliphatic hydroxyl groups excluding tert-OH is 1. The molecule has 0 bridgehead atoms. The molecule has 0 saturated carbocycles. The second-order valence-corrected chi connectivity index (χ2v) is 10.1. The highest BCUT2D eigenvalue weighted by atomic mass is 16.7. The number of benzene rings is 4. The van der Waals surface area contributed by atoms with Crippen LogP contribution in [0.5, 0.6) is 28.7 Å². The number of methoxy groups -OCH3 is 2. The maximum Gasteiger partial charge on any atom is 0.300 e. The van der Waals surface area contributed by atoms with Crippen LogP contribution in [-0.4, -0.2) is 37.8 Å². The molecule has 2 heterocycles. The van der Waals surface area contributed by atoms with Crippen molar-refractivity contribution in [2.45, 2.75) is 19.6 Å². The molecule has 4 aromatic carbocycles. The van der Waals surface area contributed by atoms with Crippen LogP contribution >= 0.6 is 0 Å². The lowest BCUT2D eigenvalue weighted by Gasteiger charge is -2.26. The number of fused-ring (bicyclic) bond motifs is 1. The zero-order valence-electron chi connectivity index (χ0n) is 23.8. The summed E-state index contributed by atoms with van der Waals surface area (Å²) in [6.07, 6.45) is 0. The number of aliphatic hydroxyl groups is 1. The van der Waals surface area contributed by atoms with Crippen molar-refractivity contribution >= 4 is 23.1 Å². The van der Waals surface area contributed by atoms with Crippen LogP contribution in [0.1, 0.15) is 28.3 Å². The minimum atomic E-state index is -0.977. The Hall–Kier alpha value is -5.44. The molecular weight excluding hydrogens is 550 g/mol. The molecule has 4 aromatic rings. The molecule has 2 aliphatic rings. The van der Waals surface area contributed by atoms with E-state index in [-0.39, 0.29) is 18.1 Å². The SMILES string of the molecule is COc1ccc(C2/C(=C(\O)c3ccc(OCc4ccccc4)c(C)c3)C(=O)C(=O)N2c2ccc3c(c2)OCO3)cc1OC. The molecule has 1 unspecified atom stereocenters. The summed E-state index contributed by atoms with van der Waals surface area (Å²) in [5.41, 5.74) is 3.03. The van der Waals surface area contributed by atoms with Gasteiger partial charge in [-0.25, -0.2) is 0 Å². The number of amides is 1. The molecule has 1 fully saturated rings. The highest BCUT2D eigenvalue weighted by molar-refractivity contribution is 6.51. The molecule has 0 aliphatic carbocycles. The Morgan fingerprint density at radius 2 is 1.60 bits per heavy atom. The molecule has 1 N–H and O–H groups in total. The van der Waals surface area contributed by atoms with Crippen molar-refractivity contribution in [1.29, 1.82) is 0 Å². The van der Waals surface area contributed by atoms with Crippen LogP contribution in [0.2, 0.25) is 0 Å². The third-order valence-electron chi connectivity index (χ3n) is 7.49. The van der Waals surface area contributed by atoms with Crippen LogP contribution in [0.3, 0.4) is 0 Å². The molecule has 2 aliphatic heterocycles. The molecule has 0 radical (unpaired) electrons. The van der Waals surface area contributed by atoms with E-state index >= 15 is 0 Å². The number of nitrogens with zero attached hydrogens (tertiary/aromatic N) is 1. The van der Waals surface area contributed by atoms with E-state index in [1.54, 1.807) is 54.6 Å². The van der Waals surface area contributed by atoms with Gasteiger partial charge in [0.2, 0.25) is 6.79 Å². The molecule has 1 atom stereocenters. The van der Waals surface area contributed by atoms with Crippen molar-refractivity contribution in [3.05, 3.63) is 113 Å². The fraction of sp³-hybridized carbons (Fsp3) is 0.176. The minimum Gasteiger partial charge on any atom is -0.507 e. The third-order valence-corrected chi connectivity index (χ3v) is 7.49. The molecule has 0 spiro atoms. The Kier molecular flexibility index (Phi) is 7.38. The Morgan fingerprint density at radius 3 is 2.35 bits per heavy atom. The summed E-state index contributed by atoms with van der Waals surface area (Å²) in [4.78, 5) is 28.7. The Labute approximate surface area is 248 Å². The van der Waals surface area contributed by atoms with Crippen molar-refractivity contribution in [2.24, 2.45) is 0 Å². The number of anilines is 1. The van der Waals surface area contributed by atoms with Gasteiger partial charge >= 0.3 is 0 Å². The van der Waals surface area contributed by atoms with Crippen molar-refractivity contribution in [2.75, 3.05) is 25.9 Å². The lowest BCUT2D eigenvalue weighted by Crippen LogP contribution is -2.29. The third kappa shape index (κ3) is 5.10. The van der Waals surface area contributed by atoms with Gasteiger partial charge in [-0.2, -0.15) is 0 Å². The largest absolute Gasteiger partial charge is 0.507 e. The van der Waals surface area contributed by atoms with Crippen LogP contribution in [0, 0.1) is 6.92 Å². The summed E-state index contributed by atoms with van der Waals surface area (Å²) in [7, 11) is 3.02. The van der Waals surface area contributed by atoms with Gasteiger partial charge < -0.3 is 28.8 Å². The number of rotatable bonds is 8. The molecule has 0 aromatic heterocycles. The number of carbonyl (C=O) groups is 2. The van der Waals surface area contributed by atoms with Crippen molar-refractivity contribution in [3.8, 4) is 28.7 Å². The molecule has 9 nitrogen and oxygen atoms in total.